The van der Waals surface area contributed by atoms with Crippen LogP contribution in [0.15, 0.2) is 36.6 Å². The van der Waals surface area contributed by atoms with Crippen molar-refractivity contribution in [2.75, 3.05) is 13.6 Å². The largest absolute Gasteiger partial charge is 0.404 e. The van der Waals surface area contributed by atoms with Crippen LogP contribution in [-0.4, -0.2) is 13.6 Å². The molecule has 0 saturated carbocycles. The lowest BCUT2D eigenvalue weighted by atomic mass is 10.2. The lowest BCUT2D eigenvalue weighted by Crippen LogP contribution is -2.03. The van der Waals surface area contributed by atoms with E-state index in [0.717, 1.165) is 12.1 Å². The van der Waals surface area contributed by atoms with Gasteiger partial charge in [0.25, 0.3) is 0 Å². The third kappa shape index (κ3) is 3.92. The van der Waals surface area contributed by atoms with E-state index in [1.165, 1.54) is 6.20 Å². The molecule has 0 unspecified atom stereocenters. The van der Waals surface area contributed by atoms with Crippen molar-refractivity contribution < 1.29 is 0 Å². The van der Waals surface area contributed by atoms with E-state index in [4.69, 9.17) is 5.73 Å². The number of likely N-dealkylation sites (N-methyl/N-ethyl adjacent to an activating group) is 1. The van der Waals surface area contributed by atoms with Gasteiger partial charge in [0.1, 0.15) is 0 Å². The Morgan fingerprint density at radius 1 is 1.70 bits per heavy atom. The molecule has 3 N–H and O–H groups in total. The first-order chi connectivity index (χ1) is 4.85. The van der Waals surface area contributed by atoms with Crippen LogP contribution in [0, 0.1) is 0 Å². The molecule has 0 aliphatic rings. The van der Waals surface area contributed by atoms with E-state index in [9.17, 15) is 0 Å². The average molecular weight is 138 g/mol. The first-order valence-electron chi connectivity index (χ1n) is 3.20. The summed E-state index contributed by atoms with van der Waals surface area (Å²) in [6, 6.07) is 0. The summed E-state index contributed by atoms with van der Waals surface area (Å²) in [6.45, 7) is 4.44. The van der Waals surface area contributed by atoms with Gasteiger partial charge in [-0.3, -0.25) is 0 Å². The topological polar surface area (TPSA) is 38.0 Å². The van der Waals surface area contributed by atoms with Crippen LogP contribution in [0.3, 0.4) is 0 Å². The van der Waals surface area contributed by atoms with Crippen LogP contribution in [0.5, 0.6) is 0 Å². The third-order valence-corrected chi connectivity index (χ3v) is 1.06. The normalized spacial score (nSPS) is 12.3. The molecule has 0 heterocycles. The summed E-state index contributed by atoms with van der Waals surface area (Å²) in [5, 5.41) is 2.98. The fraction of sp³-hybridized carbons (Fsp3) is 0.250. The number of hydrogen-bond donors (Lipinski definition) is 2. The van der Waals surface area contributed by atoms with Gasteiger partial charge in [-0.2, -0.15) is 0 Å². The molecule has 0 fully saturated rings. The summed E-state index contributed by atoms with van der Waals surface area (Å²) in [5.41, 5.74) is 6.20. The molecule has 2 nitrogen and oxygen atoms in total. The molecule has 2 heteroatoms. The maximum Gasteiger partial charge on any atom is 0.0135 e. The maximum absolute atomic E-state index is 5.26. The molecule has 0 aromatic carbocycles. The zero-order valence-corrected chi connectivity index (χ0v) is 6.30. The van der Waals surface area contributed by atoms with Crippen LogP contribution in [0.1, 0.15) is 0 Å². The van der Waals surface area contributed by atoms with E-state index < -0.39 is 0 Å². The van der Waals surface area contributed by atoms with Gasteiger partial charge in [-0.1, -0.05) is 24.8 Å². The molecule has 0 aliphatic carbocycles. The molecule has 0 radical (unpaired) electrons. The van der Waals surface area contributed by atoms with Crippen LogP contribution in [0.4, 0.5) is 0 Å². The molecule has 0 bridgehead atoms. The second-order valence-electron chi connectivity index (χ2n) is 1.83. The van der Waals surface area contributed by atoms with Gasteiger partial charge in [0, 0.05) is 12.7 Å². The Balaban J connectivity index is 3.74. The van der Waals surface area contributed by atoms with Crippen molar-refractivity contribution in [2.24, 2.45) is 5.73 Å². The molecular weight excluding hydrogens is 124 g/mol. The number of hydrogen-bond acceptors (Lipinski definition) is 2. The van der Waals surface area contributed by atoms with E-state index in [-0.39, 0.29) is 0 Å². The predicted molar refractivity (Wildman–Crippen MR) is 45.5 cm³/mol. The highest BCUT2D eigenvalue weighted by molar-refractivity contribution is 5.27. The Labute approximate surface area is 62.1 Å². The minimum absolute atomic E-state index is 0.852. The highest BCUT2D eigenvalue weighted by atomic mass is 14.8. The number of rotatable bonds is 4. The highest BCUT2D eigenvalue weighted by Crippen LogP contribution is 1.93. The zero-order valence-electron chi connectivity index (χ0n) is 6.30. The van der Waals surface area contributed by atoms with Crippen molar-refractivity contribution in [1.82, 2.24) is 5.32 Å². The monoisotopic (exact) mass is 138 g/mol. The van der Waals surface area contributed by atoms with E-state index in [1.54, 1.807) is 6.08 Å². The Morgan fingerprint density at radius 3 is 2.80 bits per heavy atom. The average Bonchev–Trinajstić information content (AvgIpc) is 1.99. The molecule has 0 amide bonds. The number of nitrogens with one attached hydrogen (secondary N) is 1. The predicted octanol–water partition coefficient (Wildman–Crippen LogP) is 0.791. The number of nitrogens with two attached hydrogens (primary N) is 1. The maximum atomic E-state index is 5.26. The molecular formula is C8H14N2. The summed E-state index contributed by atoms with van der Waals surface area (Å²) < 4.78 is 0. The molecule has 0 saturated heterocycles. The van der Waals surface area contributed by atoms with Crippen LogP contribution >= 0.6 is 0 Å². The van der Waals surface area contributed by atoms with Crippen molar-refractivity contribution in [3.05, 3.63) is 36.6 Å². The Kier molecular flexibility index (Phi) is 5.48. The van der Waals surface area contributed by atoms with Gasteiger partial charge in [-0.15, -0.1) is 0 Å². The highest BCUT2D eigenvalue weighted by Gasteiger charge is 1.78. The number of allylic oxidation sites excluding steroid dienone is 3. The van der Waals surface area contributed by atoms with Crippen molar-refractivity contribution >= 4 is 0 Å². The lowest BCUT2D eigenvalue weighted by molar-refractivity contribution is 0.919. The fourth-order valence-corrected chi connectivity index (χ4v) is 0.504. The van der Waals surface area contributed by atoms with Gasteiger partial charge in [0.15, 0.2) is 0 Å². The van der Waals surface area contributed by atoms with Crippen molar-refractivity contribution in [3.63, 3.8) is 0 Å². The molecule has 10 heavy (non-hydrogen) atoms. The summed E-state index contributed by atoms with van der Waals surface area (Å²) in [4.78, 5) is 0. The molecule has 0 aliphatic heterocycles. The molecule has 0 aromatic heterocycles. The van der Waals surface area contributed by atoms with E-state index in [0.29, 0.717) is 0 Å². The van der Waals surface area contributed by atoms with Crippen LogP contribution in [-0.2, 0) is 0 Å². The SMILES string of the molecule is C=CC(/C=C\CNC)=C/N. The molecule has 56 valence electrons. The summed E-state index contributed by atoms with van der Waals surface area (Å²) in [7, 11) is 1.89. The second-order valence-corrected chi connectivity index (χ2v) is 1.83. The van der Waals surface area contributed by atoms with Crippen molar-refractivity contribution in [1.29, 1.82) is 0 Å². The minimum atomic E-state index is 0.852. The van der Waals surface area contributed by atoms with Gasteiger partial charge in [0.05, 0.1) is 0 Å². The van der Waals surface area contributed by atoms with E-state index in [2.05, 4.69) is 11.9 Å². The molecule has 0 spiro atoms. The first kappa shape index (κ1) is 8.98. The summed E-state index contributed by atoms with van der Waals surface area (Å²) >= 11 is 0. The van der Waals surface area contributed by atoms with Crippen LogP contribution in [0.25, 0.3) is 0 Å². The van der Waals surface area contributed by atoms with Gasteiger partial charge in [0.2, 0.25) is 0 Å². The van der Waals surface area contributed by atoms with Gasteiger partial charge in [-0.25, -0.2) is 0 Å². The molecule has 0 rings (SSSR count). The fourth-order valence-electron chi connectivity index (χ4n) is 0.504. The molecule has 0 atom stereocenters. The van der Waals surface area contributed by atoms with Gasteiger partial charge < -0.3 is 11.1 Å². The van der Waals surface area contributed by atoms with Gasteiger partial charge >= 0.3 is 0 Å². The van der Waals surface area contributed by atoms with Crippen molar-refractivity contribution in [3.8, 4) is 0 Å². The zero-order chi connectivity index (χ0) is 7.82. The smallest absolute Gasteiger partial charge is 0.0135 e. The van der Waals surface area contributed by atoms with E-state index >= 15 is 0 Å². The van der Waals surface area contributed by atoms with Crippen molar-refractivity contribution in [2.45, 2.75) is 0 Å². The van der Waals surface area contributed by atoms with Crippen LogP contribution < -0.4 is 11.1 Å². The van der Waals surface area contributed by atoms with Gasteiger partial charge in [-0.05, 0) is 12.6 Å². The minimum Gasteiger partial charge on any atom is -0.404 e. The molecule has 0 aromatic rings. The lowest BCUT2D eigenvalue weighted by Gasteiger charge is -1.89. The Hall–Kier alpha value is -1.02. The third-order valence-electron chi connectivity index (χ3n) is 1.06. The summed E-state index contributed by atoms with van der Waals surface area (Å²) in [5.74, 6) is 0. The summed E-state index contributed by atoms with van der Waals surface area (Å²) in [6.07, 6.45) is 7.15. The van der Waals surface area contributed by atoms with Crippen LogP contribution in [0.2, 0.25) is 0 Å². The second kappa shape index (κ2) is 6.11. The quantitative estimate of drug-likeness (QED) is 0.564. The van der Waals surface area contributed by atoms with E-state index in [1.807, 2.05) is 19.2 Å². The first-order valence-corrected chi connectivity index (χ1v) is 3.20. The Morgan fingerprint density at radius 2 is 2.40 bits per heavy atom. The Bertz CT molecular complexity index is 145. The standard InChI is InChI=1S/C8H14N2/c1-3-8(7-9)5-4-6-10-2/h3-5,7,10H,1,6,9H2,2H3/b5-4-,8-7-.